The first-order chi connectivity index (χ1) is 8.02. The van der Waals surface area contributed by atoms with Crippen molar-refractivity contribution in [1.29, 1.82) is 0 Å². The van der Waals surface area contributed by atoms with Crippen molar-refractivity contribution in [3.63, 3.8) is 0 Å². The number of hydrogen-bond acceptors (Lipinski definition) is 4. The summed E-state index contributed by atoms with van der Waals surface area (Å²) in [5.74, 6) is -2.13. The van der Waals surface area contributed by atoms with Gasteiger partial charge < -0.3 is 14.9 Å². The predicted molar refractivity (Wildman–Crippen MR) is 58.1 cm³/mol. The number of hydrogen-bond donors (Lipinski definition) is 2. The molecule has 0 heterocycles. The minimum absolute atomic E-state index is 0.0833. The van der Waals surface area contributed by atoms with Crippen molar-refractivity contribution in [3.8, 4) is 0 Å². The zero-order chi connectivity index (χ0) is 13.3. The summed E-state index contributed by atoms with van der Waals surface area (Å²) in [6.07, 6.45) is 0. The lowest BCUT2D eigenvalue weighted by atomic mass is 10.1. The number of rotatable bonds is 4. The molecule has 1 rings (SSSR count). The average Bonchev–Trinajstić information content (AvgIpc) is 2.31. The molecule has 6 nitrogen and oxygen atoms in total. The van der Waals surface area contributed by atoms with Crippen molar-refractivity contribution in [3.05, 3.63) is 35.4 Å². The lowest BCUT2D eigenvalue weighted by Gasteiger charge is -1.94. The molecule has 1 aromatic rings. The second-order valence-electron chi connectivity index (χ2n) is 2.74. The Morgan fingerprint density at radius 1 is 1.12 bits per heavy atom. The summed E-state index contributed by atoms with van der Waals surface area (Å²) in [4.78, 5) is 29.9. The van der Waals surface area contributed by atoms with Crippen LogP contribution in [0.25, 0.3) is 0 Å². The fourth-order valence-corrected chi connectivity index (χ4v) is 0.823. The monoisotopic (exact) mass is 240 g/mol. The van der Waals surface area contributed by atoms with Crippen molar-refractivity contribution in [2.75, 3.05) is 6.61 Å². The van der Waals surface area contributed by atoms with Crippen molar-refractivity contribution in [2.45, 2.75) is 6.92 Å². The molecule has 0 fully saturated rings. The van der Waals surface area contributed by atoms with Gasteiger partial charge in [0.2, 0.25) is 0 Å². The zero-order valence-electron chi connectivity index (χ0n) is 9.12. The van der Waals surface area contributed by atoms with E-state index >= 15 is 0 Å². The first-order valence-corrected chi connectivity index (χ1v) is 4.64. The van der Waals surface area contributed by atoms with Crippen LogP contribution in [0.2, 0.25) is 0 Å². The van der Waals surface area contributed by atoms with Crippen molar-refractivity contribution < 1.29 is 29.3 Å². The zero-order valence-corrected chi connectivity index (χ0v) is 9.12. The summed E-state index contributed by atoms with van der Waals surface area (Å²) in [5, 5.41) is 16.9. The normalized spacial score (nSPS) is 8.53. The van der Waals surface area contributed by atoms with Gasteiger partial charge in [-0.25, -0.2) is 9.59 Å². The van der Waals surface area contributed by atoms with Gasteiger partial charge in [-0.1, -0.05) is 0 Å². The van der Waals surface area contributed by atoms with Gasteiger partial charge in [0, 0.05) is 0 Å². The summed E-state index contributed by atoms with van der Waals surface area (Å²) in [6, 6.07) is 5.02. The van der Waals surface area contributed by atoms with Crippen molar-refractivity contribution in [2.24, 2.45) is 0 Å². The third-order valence-electron chi connectivity index (χ3n) is 1.61. The molecular formula is C11H12O6. The first kappa shape index (κ1) is 14.6. The smallest absolute Gasteiger partial charge is 0.335 e. The van der Waals surface area contributed by atoms with E-state index in [9.17, 15) is 14.4 Å². The van der Waals surface area contributed by atoms with Gasteiger partial charge in [-0.15, -0.1) is 0 Å². The Balaban J connectivity index is 0.000000437. The summed E-state index contributed by atoms with van der Waals surface area (Å²) in [5.41, 5.74) is 0.167. The average molecular weight is 240 g/mol. The van der Waals surface area contributed by atoms with Gasteiger partial charge in [0.25, 0.3) is 6.47 Å². The summed E-state index contributed by atoms with van der Waals surface area (Å²) >= 11 is 0. The van der Waals surface area contributed by atoms with Crippen LogP contribution in [0.5, 0.6) is 0 Å². The van der Waals surface area contributed by atoms with Gasteiger partial charge in [0.15, 0.2) is 0 Å². The third kappa shape index (κ3) is 5.93. The fraction of sp³-hybridized carbons (Fsp3) is 0.182. The fourth-order valence-electron chi connectivity index (χ4n) is 0.823. The number of carboxylic acids is 2. The molecule has 2 N–H and O–H groups in total. The largest absolute Gasteiger partial charge is 0.478 e. The highest BCUT2D eigenvalue weighted by atomic mass is 16.5. The first-order valence-electron chi connectivity index (χ1n) is 4.64. The van der Waals surface area contributed by atoms with Crippen LogP contribution >= 0.6 is 0 Å². The number of carboxylic acid groups (broad SMARTS) is 2. The van der Waals surface area contributed by atoms with Gasteiger partial charge in [0.05, 0.1) is 17.7 Å². The van der Waals surface area contributed by atoms with Gasteiger partial charge in [-0.3, -0.25) is 4.79 Å². The number of benzene rings is 1. The highest BCUT2D eigenvalue weighted by molar-refractivity contribution is 5.91. The van der Waals surface area contributed by atoms with Crippen molar-refractivity contribution in [1.82, 2.24) is 0 Å². The molecule has 17 heavy (non-hydrogen) atoms. The Morgan fingerprint density at radius 2 is 1.47 bits per heavy atom. The molecule has 0 bridgehead atoms. The molecular weight excluding hydrogens is 228 g/mol. The maximum absolute atomic E-state index is 10.3. The Hall–Kier alpha value is -2.37. The van der Waals surface area contributed by atoms with Crippen LogP contribution in [0, 0.1) is 0 Å². The van der Waals surface area contributed by atoms with Crippen LogP contribution in [0.1, 0.15) is 27.6 Å². The molecule has 0 amide bonds. The lowest BCUT2D eigenvalue weighted by Crippen LogP contribution is -1.99. The minimum Gasteiger partial charge on any atom is -0.478 e. The molecule has 0 aliphatic carbocycles. The number of carbonyl (C=O) groups excluding carboxylic acids is 1. The Bertz CT molecular complexity index is 348. The van der Waals surface area contributed by atoms with Gasteiger partial charge in [-0.2, -0.15) is 0 Å². The van der Waals surface area contributed by atoms with E-state index in [-0.39, 0.29) is 11.1 Å². The summed E-state index contributed by atoms with van der Waals surface area (Å²) in [7, 11) is 0. The van der Waals surface area contributed by atoms with E-state index in [1.165, 1.54) is 24.3 Å². The van der Waals surface area contributed by atoms with Crippen LogP contribution in [0.4, 0.5) is 0 Å². The van der Waals surface area contributed by atoms with Gasteiger partial charge in [-0.05, 0) is 31.2 Å². The number of aromatic carboxylic acids is 2. The molecule has 0 atom stereocenters. The quantitative estimate of drug-likeness (QED) is 0.768. The SMILES string of the molecule is CCOC=O.O=C(O)c1ccc(C(=O)O)cc1. The highest BCUT2D eigenvalue weighted by Crippen LogP contribution is 2.03. The molecule has 0 aromatic heterocycles. The molecule has 0 saturated heterocycles. The highest BCUT2D eigenvalue weighted by Gasteiger charge is 2.04. The van der Waals surface area contributed by atoms with Crippen LogP contribution < -0.4 is 0 Å². The standard InChI is InChI=1S/C8H6O4.C3H6O2/c9-7(10)5-1-2-6(4-3-5)8(11)12;1-2-5-3-4/h1-4H,(H,9,10)(H,11,12);3H,2H2,1H3. The molecule has 6 heteroatoms. The lowest BCUT2D eigenvalue weighted by molar-refractivity contribution is -0.128. The van der Waals surface area contributed by atoms with E-state index in [2.05, 4.69) is 4.74 Å². The van der Waals surface area contributed by atoms with Gasteiger partial charge in [0.1, 0.15) is 0 Å². The number of carbonyl (C=O) groups is 3. The predicted octanol–water partition coefficient (Wildman–Crippen LogP) is 1.26. The molecule has 0 radical (unpaired) electrons. The van der Waals surface area contributed by atoms with E-state index in [4.69, 9.17) is 10.2 Å². The molecule has 0 spiro atoms. The topological polar surface area (TPSA) is 101 Å². The summed E-state index contributed by atoms with van der Waals surface area (Å²) < 4.78 is 4.15. The Kier molecular flexibility index (Phi) is 6.77. The molecule has 92 valence electrons. The van der Waals surface area contributed by atoms with E-state index in [1.807, 2.05) is 0 Å². The summed E-state index contributed by atoms with van der Waals surface area (Å²) in [6.45, 7) is 2.66. The maximum Gasteiger partial charge on any atom is 0.335 e. The molecule has 0 unspecified atom stereocenters. The van der Waals surface area contributed by atoms with Crippen LogP contribution in [-0.4, -0.2) is 35.2 Å². The van der Waals surface area contributed by atoms with Crippen LogP contribution in [-0.2, 0) is 9.53 Å². The van der Waals surface area contributed by atoms with Crippen LogP contribution in [0.15, 0.2) is 24.3 Å². The van der Waals surface area contributed by atoms with E-state index < -0.39 is 11.9 Å². The van der Waals surface area contributed by atoms with E-state index in [0.717, 1.165) is 0 Å². The van der Waals surface area contributed by atoms with Crippen molar-refractivity contribution >= 4 is 18.4 Å². The second-order valence-corrected chi connectivity index (χ2v) is 2.74. The number of ether oxygens (including phenoxy) is 1. The van der Waals surface area contributed by atoms with Crippen LogP contribution in [0.3, 0.4) is 0 Å². The van der Waals surface area contributed by atoms with E-state index in [1.54, 1.807) is 6.92 Å². The van der Waals surface area contributed by atoms with E-state index in [0.29, 0.717) is 13.1 Å². The molecule has 1 aromatic carbocycles. The Morgan fingerprint density at radius 3 is 1.59 bits per heavy atom. The van der Waals surface area contributed by atoms with Gasteiger partial charge >= 0.3 is 11.9 Å². The minimum atomic E-state index is -1.06. The third-order valence-corrected chi connectivity index (χ3v) is 1.61. The molecule has 0 saturated carbocycles. The molecule has 0 aliphatic rings. The molecule has 0 aliphatic heterocycles. The maximum atomic E-state index is 10.3. The second kappa shape index (κ2) is 7.86. The Labute approximate surface area is 97.4 Å².